The molecule has 4 aromatic rings. The Morgan fingerprint density at radius 2 is 1.97 bits per heavy atom. The van der Waals surface area contributed by atoms with Crippen LogP contribution in [0.4, 0.5) is 5.69 Å². The Kier molecular flexibility index (Phi) is 4.76. The summed E-state index contributed by atoms with van der Waals surface area (Å²) in [6.07, 6.45) is 6.95. The summed E-state index contributed by atoms with van der Waals surface area (Å²) in [5, 5.41) is 14.5. The minimum atomic E-state index is -0.298. The van der Waals surface area contributed by atoms with Crippen LogP contribution in [0.5, 0.6) is 0 Å². The zero-order valence-electron chi connectivity index (χ0n) is 16.0. The van der Waals surface area contributed by atoms with Gasteiger partial charge in [-0.25, -0.2) is 4.98 Å². The molecule has 0 radical (unpaired) electrons. The number of nitrogens with zero attached hydrogens (tertiary/aromatic N) is 6. The van der Waals surface area contributed by atoms with Crippen molar-refractivity contribution in [1.29, 1.82) is 0 Å². The summed E-state index contributed by atoms with van der Waals surface area (Å²) in [7, 11) is 0. The molecule has 0 bridgehead atoms. The van der Waals surface area contributed by atoms with E-state index in [0.29, 0.717) is 22.0 Å². The first-order chi connectivity index (χ1) is 14.7. The van der Waals surface area contributed by atoms with E-state index in [1.807, 2.05) is 24.3 Å². The van der Waals surface area contributed by atoms with E-state index in [1.165, 1.54) is 23.9 Å². The van der Waals surface area contributed by atoms with Crippen molar-refractivity contribution in [2.45, 2.75) is 25.8 Å². The molecule has 1 aliphatic heterocycles. The van der Waals surface area contributed by atoms with Gasteiger partial charge in [0.1, 0.15) is 12.2 Å². The number of halogens is 1. The highest BCUT2D eigenvalue weighted by molar-refractivity contribution is 6.31. The number of hydrogen-bond donors (Lipinski definition) is 1. The van der Waals surface area contributed by atoms with Crippen LogP contribution < -0.4 is 5.32 Å². The van der Waals surface area contributed by atoms with E-state index in [1.54, 1.807) is 18.2 Å². The number of carbonyl (C=O) groups is 1. The lowest BCUT2D eigenvalue weighted by atomic mass is 10.1. The minimum Gasteiger partial charge on any atom is -0.334 e. The zero-order chi connectivity index (χ0) is 20.5. The van der Waals surface area contributed by atoms with Crippen molar-refractivity contribution in [3.8, 4) is 16.9 Å². The number of rotatable bonds is 4. The van der Waals surface area contributed by atoms with E-state index in [9.17, 15) is 4.79 Å². The highest BCUT2D eigenvalue weighted by atomic mass is 35.5. The molecule has 9 heteroatoms. The van der Waals surface area contributed by atoms with Crippen LogP contribution in [-0.2, 0) is 13.0 Å². The predicted molar refractivity (Wildman–Crippen MR) is 113 cm³/mol. The van der Waals surface area contributed by atoms with Gasteiger partial charge in [-0.3, -0.25) is 4.79 Å². The molecular weight excluding hydrogens is 402 g/mol. The summed E-state index contributed by atoms with van der Waals surface area (Å²) in [5.74, 6) is 0.845. The van der Waals surface area contributed by atoms with Gasteiger partial charge in [0.25, 0.3) is 5.91 Å². The van der Waals surface area contributed by atoms with Crippen molar-refractivity contribution in [1.82, 2.24) is 29.8 Å². The van der Waals surface area contributed by atoms with E-state index < -0.39 is 0 Å². The normalized spacial score (nSPS) is 13.1. The standard InChI is InChI=1S/C21H18ClN7O/c22-15-6-9-19(29-13-23-26-27-29)17(11-15)21(30)24-16-7-4-14(5-8-16)18-12-28-10-2-1-3-20(28)25-18/h4-9,11-13H,1-3,10H2,(H,24,30). The molecule has 0 aliphatic carbocycles. The number of amides is 1. The van der Waals surface area contributed by atoms with Gasteiger partial charge in [-0.15, -0.1) is 5.10 Å². The van der Waals surface area contributed by atoms with Gasteiger partial charge >= 0.3 is 0 Å². The van der Waals surface area contributed by atoms with Gasteiger partial charge in [0.05, 0.1) is 16.9 Å². The van der Waals surface area contributed by atoms with Crippen molar-refractivity contribution >= 4 is 23.2 Å². The monoisotopic (exact) mass is 419 g/mol. The molecule has 1 amide bonds. The number of nitrogens with one attached hydrogen (secondary N) is 1. The fourth-order valence-electron chi connectivity index (χ4n) is 3.64. The molecule has 2 aromatic carbocycles. The number of aryl methyl sites for hydroxylation is 2. The van der Waals surface area contributed by atoms with Crippen molar-refractivity contribution < 1.29 is 4.79 Å². The lowest BCUT2D eigenvalue weighted by molar-refractivity contribution is 0.102. The summed E-state index contributed by atoms with van der Waals surface area (Å²) >= 11 is 6.11. The van der Waals surface area contributed by atoms with Crippen LogP contribution in [0, 0.1) is 0 Å². The second kappa shape index (κ2) is 7.72. The van der Waals surface area contributed by atoms with Gasteiger partial charge in [0.2, 0.25) is 0 Å². The van der Waals surface area contributed by atoms with E-state index in [2.05, 4.69) is 31.6 Å². The van der Waals surface area contributed by atoms with Gasteiger partial charge in [-0.1, -0.05) is 23.7 Å². The average molecular weight is 420 g/mol. The van der Waals surface area contributed by atoms with Crippen LogP contribution in [-0.4, -0.2) is 35.7 Å². The summed E-state index contributed by atoms with van der Waals surface area (Å²) in [6.45, 7) is 1.03. The maximum Gasteiger partial charge on any atom is 0.257 e. The number of hydrogen-bond acceptors (Lipinski definition) is 5. The lowest BCUT2D eigenvalue weighted by Crippen LogP contribution is -2.15. The molecule has 5 rings (SSSR count). The Morgan fingerprint density at radius 1 is 1.10 bits per heavy atom. The van der Waals surface area contributed by atoms with Crippen molar-refractivity contribution in [3.63, 3.8) is 0 Å². The van der Waals surface area contributed by atoms with Gasteiger partial charge < -0.3 is 9.88 Å². The second-order valence-electron chi connectivity index (χ2n) is 7.14. The molecule has 2 aromatic heterocycles. The van der Waals surface area contributed by atoms with Crippen molar-refractivity contribution in [3.05, 3.63) is 71.4 Å². The Bertz CT molecular complexity index is 1180. The largest absolute Gasteiger partial charge is 0.334 e. The molecule has 1 N–H and O–H groups in total. The van der Waals surface area contributed by atoms with E-state index in [0.717, 1.165) is 30.0 Å². The summed E-state index contributed by atoms with van der Waals surface area (Å²) in [5.41, 5.74) is 3.57. The van der Waals surface area contributed by atoms with Crippen LogP contribution in [0.2, 0.25) is 5.02 Å². The molecule has 150 valence electrons. The highest BCUT2D eigenvalue weighted by Crippen LogP contribution is 2.25. The quantitative estimate of drug-likeness (QED) is 0.543. The maximum atomic E-state index is 12.9. The lowest BCUT2D eigenvalue weighted by Gasteiger charge is -2.11. The summed E-state index contributed by atoms with van der Waals surface area (Å²) < 4.78 is 3.66. The van der Waals surface area contributed by atoms with Crippen LogP contribution in [0.3, 0.4) is 0 Å². The van der Waals surface area contributed by atoms with Gasteiger partial charge in [0, 0.05) is 35.4 Å². The summed E-state index contributed by atoms with van der Waals surface area (Å²) in [6, 6.07) is 12.7. The minimum absolute atomic E-state index is 0.298. The smallest absolute Gasteiger partial charge is 0.257 e. The third-order valence-corrected chi connectivity index (χ3v) is 5.38. The van der Waals surface area contributed by atoms with Gasteiger partial charge in [-0.2, -0.15) is 4.68 Å². The number of tetrazole rings is 1. The Balaban J connectivity index is 1.37. The Hall–Kier alpha value is -3.52. The molecule has 0 atom stereocenters. The fraction of sp³-hybridized carbons (Fsp3) is 0.190. The third-order valence-electron chi connectivity index (χ3n) is 5.15. The van der Waals surface area contributed by atoms with Gasteiger partial charge in [0.15, 0.2) is 0 Å². The first-order valence-corrected chi connectivity index (χ1v) is 10.1. The van der Waals surface area contributed by atoms with Crippen LogP contribution >= 0.6 is 11.6 Å². The van der Waals surface area contributed by atoms with Crippen LogP contribution in [0.1, 0.15) is 29.0 Å². The van der Waals surface area contributed by atoms with Gasteiger partial charge in [-0.05, 0) is 53.6 Å². The number of fused-ring (bicyclic) bond motifs is 1. The molecule has 0 saturated carbocycles. The fourth-order valence-corrected chi connectivity index (χ4v) is 3.81. The number of carbonyl (C=O) groups excluding carboxylic acids is 1. The summed E-state index contributed by atoms with van der Waals surface area (Å²) in [4.78, 5) is 17.7. The molecule has 0 spiro atoms. The Morgan fingerprint density at radius 3 is 2.73 bits per heavy atom. The first-order valence-electron chi connectivity index (χ1n) is 9.68. The molecule has 0 unspecified atom stereocenters. The molecule has 30 heavy (non-hydrogen) atoms. The first kappa shape index (κ1) is 18.5. The van der Waals surface area contributed by atoms with Crippen LogP contribution in [0.15, 0.2) is 55.0 Å². The maximum absolute atomic E-state index is 12.9. The van der Waals surface area contributed by atoms with Crippen molar-refractivity contribution in [2.24, 2.45) is 0 Å². The molecule has 8 nitrogen and oxygen atoms in total. The molecule has 1 aliphatic rings. The van der Waals surface area contributed by atoms with Crippen molar-refractivity contribution in [2.75, 3.05) is 5.32 Å². The van der Waals surface area contributed by atoms with E-state index >= 15 is 0 Å². The molecular formula is C21H18ClN7O. The number of benzene rings is 2. The Labute approximate surface area is 177 Å². The topological polar surface area (TPSA) is 90.5 Å². The third kappa shape index (κ3) is 3.57. The molecule has 0 fully saturated rings. The second-order valence-corrected chi connectivity index (χ2v) is 7.58. The number of imidazole rings is 1. The number of anilines is 1. The SMILES string of the molecule is O=C(Nc1ccc(-c2cn3c(n2)CCCC3)cc1)c1cc(Cl)ccc1-n1cnnn1. The highest BCUT2D eigenvalue weighted by Gasteiger charge is 2.16. The number of aromatic nitrogens is 6. The van der Waals surface area contributed by atoms with E-state index in [4.69, 9.17) is 16.6 Å². The average Bonchev–Trinajstić information content (AvgIpc) is 3.44. The van der Waals surface area contributed by atoms with Crippen LogP contribution in [0.25, 0.3) is 16.9 Å². The zero-order valence-corrected chi connectivity index (χ0v) is 16.8. The van der Waals surface area contributed by atoms with E-state index in [-0.39, 0.29) is 5.91 Å². The molecule has 3 heterocycles. The predicted octanol–water partition coefficient (Wildman–Crippen LogP) is 3.77. The molecule has 0 saturated heterocycles.